The van der Waals surface area contributed by atoms with Crippen molar-refractivity contribution in [2.24, 2.45) is 5.73 Å². The van der Waals surface area contributed by atoms with Crippen molar-refractivity contribution in [1.82, 2.24) is 0 Å². The molecule has 0 saturated carbocycles. The normalized spacial score (nSPS) is 14.6. The van der Waals surface area contributed by atoms with Crippen LogP contribution in [0.25, 0.3) is 0 Å². The van der Waals surface area contributed by atoms with E-state index in [4.69, 9.17) is 10.5 Å². The Kier molecular flexibility index (Phi) is 4.40. The number of alkyl halides is 3. The molecule has 102 valence electrons. The molecule has 1 unspecified atom stereocenters. The predicted molar refractivity (Wildman–Crippen MR) is 64.1 cm³/mol. The molecule has 0 radical (unpaired) electrons. The second-order valence-corrected chi connectivity index (χ2v) is 5.15. The fraction of sp³-hybridized carbons (Fsp3) is 0.538. The highest BCUT2D eigenvalue weighted by Crippen LogP contribution is 2.30. The minimum atomic E-state index is -4.35. The molecule has 1 aromatic rings. The number of ether oxygens (including phenoxy) is 1. The van der Waals surface area contributed by atoms with Crippen molar-refractivity contribution in [3.05, 3.63) is 35.4 Å². The van der Waals surface area contributed by atoms with Gasteiger partial charge >= 0.3 is 6.18 Å². The van der Waals surface area contributed by atoms with Crippen LogP contribution in [0, 0.1) is 0 Å². The van der Waals surface area contributed by atoms with Crippen molar-refractivity contribution in [3.63, 3.8) is 0 Å². The zero-order chi connectivity index (χ0) is 14.0. The zero-order valence-corrected chi connectivity index (χ0v) is 10.7. The average Bonchev–Trinajstić information content (AvgIpc) is 2.24. The maximum atomic E-state index is 12.5. The molecule has 1 rings (SSSR count). The molecule has 1 aromatic carbocycles. The van der Waals surface area contributed by atoms with E-state index < -0.39 is 17.8 Å². The Morgan fingerprint density at radius 1 is 1.22 bits per heavy atom. The molecule has 5 heteroatoms. The largest absolute Gasteiger partial charge is 0.416 e. The van der Waals surface area contributed by atoms with Gasteiger partial charge in [-0.1, -0.05) is 12.1 Å². The maximum Gasteiger partial charge on any atom is 0.416 e. The van der Waals surface area contributed by atoms with Gasteiger partial charge in [0.25, 0.3) is 0 Å². The van der Waals surface area contributed by atoms with Crippen molar-refractivity contribution in [2.75, 3.05) is 6.61 Å². The molecule has 0 spiro atoms. The first kappa shape index (κ1) is 15.0. The lowest BCUT2D eigenvalue weighted by Crippen LogP contribution is -2.26. The van der Waals surface area contributed by atoms with E-state index in [9.17, 15) is 13.2 Å². The molecular formula is C13H18F3NO. The van der Waals surface area contributed by atoms with Crippen molar-refractivity contribution >= 4 is 0 Å². The third kappa shape index (κ3) is 4.66. The second-order valence-electron chi connectivity index (χ2n) is 5.15. The van der Waals surface area contributed by atoms with E-state index in [2.05, 4.69) is 0 Å². The first-order valence-electron chi connectivity index (χ1n) is 5.66. The predicted octanol–water partition coefficient (Wildman–Crippen LogP) is 3.52. The highest BCUT2D eigenvalue weighted by Gasteiger charge is 2.30. The van der Waals surface area contributed by atoms with Gasteiger partial charge in [0.05, 0.1) is 23.8 Å². The Labute approximate surface area is 105 Å². The maximum absolute atomic E-state index is 12.5. The van der Waals surface area contributed by atoms with Crippen molar-refractivity contribution in [1.29, 1.82) is 0 Å². The summed E-state index contributed by atoms with van der Waals surface area (Å²) in [5, 5.41) is 0. The number of nitrogens with two attached hydrogens (primary N) is 1. The second kappa shape index (κ2) is 5.28. The van der Waals surface area contributed by atoms with E-state index in [1.807, 2.05) is 20.8 Å². The summed E-state index contributed by atoms with van der Waals surface area (Å²) < 4.78 is 43.1. The van der Waals surface area contributed by atoms with Gasteiger partial charge in [0.2, 0.25) is 0 Å². The Hall–Kier alpha value is -1.07. The third-order valence-corrected chi connectivity index (χ3v) is 2.34. The molecular weight excluding hydrogens is 243 g/mol. The van der Waals surface area contributed by atoms with Gasteiger partial charge < -0.3 is 10.5 Å². The van der Waals surface area contributed by atoms with Gasteiger partial charge in [0.1, 0.15) is 0 Å². The average molecular weight is 261 g/mol. The molecule has 0 aliphatic heterocycles. The summed E-state index contributed by atoms with van der Waals surface area (Å²) in [6, 6.07) is 4.46. The molecule has 1 atom stereocenters. The third-order valence-electron chi connectivity index (χ3n) is 2.34. The lowest BCUT2D eigenvalue weighted by atomic mass is 10.0. The summed E-state index contributed by atoms with van der Waals surface area (Å²) in [5.74, 6) is 0. The number of halogens is 3. The monoisotopic (exact) mass is 261 g/mol. The van der Waals surface area contributed by atoms with Crippen LogP contribution in [0.1, 0.15) is 37.9 Å². The number of hydrogen-bond donors (Lipinski definition) is 1. The van der Waals surface area contributed by atoms with Crippen LogP contribution in [0.3, 0.4) is 0 Å². The van der Waals surface area contributed by atoms with E-state index in [0.29, 0.717) is 5.56 Å². The highest BCUT2D eigenvalue weighted by atomic mass is 19.4. The van der Waals surface area contributed by atoms with Crippen molar-refractivity contribution in [2.45, 2.75) is 38.6 Å². The molecule has 0 bridgehead atoms. The van der Waals surface area contributed by atoms with Gasteiger partial charge in [-0.15, -0.1) is 0 Å². The lowest BCUT2D eigenvalue weighted by molar-refractivity contribution is -0.137. The van der Waals surface area contributed by atoms with Crippen LogP contribution in [0.15, 0.2) is 24.3 Å². The van der Waals surface area contributed by atoms with E-state index in [1.54, 1.807) is 6.07 Å². The van der Waals surface area contributed by atoms with Crippen LogP contribution in [0.4, 0.5) is 13.2 Å². The summed E-state index contributed by atoms with van der Waals surface area (Å²) in [6.45, 7) is 5.79. The quantitative estimate of drug-likeness (QED) is 0.903. The topological polar surface area (TPSA) is 35.2 Å². The molecule has 0 aliphatic carbocycles. The smallest absolute Gasteiger partial charge is 0.374 e. The van der Waals surface area contributed by atoms with E-state index >= 15 is 0 Å². The molecule has 0 saturated heterocycles. The van der Waals surface area contributed by atoms with Crippen LogP contribution < -0.4 is 5.73 Å². The molecule has 2 nitrogen and oxygen atoms in total. The minimum absolute atomic E-state index is 0.185. The van der Waals surface area contributed by atoms with Gasteiger partial charge in [0.15, 0.2) is 0 Å². The van der Waals surface area contributed by atoms with Crippen LogP contribution in [-0.4, -0.2) is 12.2 Å². The minimum Gasteiger partial charge on any atom is -0.374 e. The molecule has 0 fully saturated rings. The summed E-state index contributed by atoms with van der Waals surface area (Å²) in [6.07, 6.45) is -4.35. The zero-order valence-electron chi connectivity index (χ0n) is 10.7. The molecule has 0 aliphatic rings. The first-order valence-corrected chi connectivity index (χ1v) is 5.66. The number of hydrogen-bond acceptors (Lipinski definition) is 2. The van der Waals surface area contributed by atoms with Gasteiger partial charge in [-0.3, -0.25) is 0 Å². The number of benzene rings is 1. The summed E-state index contributed by atoms with van der Waals surface area (Å²) in [4.78, 5) is 0. The molecule has 0 aromatic heterocycles. The van der Waals surface area contributed by atoms with E-state index in [-0.39, 0.29) is 12.2 Å². The SMILES string of the molecule is CC(C)(C)OCC(N)c1cccc(C(F)(F)F)c1. The molecule has 0 heterocycles. The van der Waals surface area contributed by atoms with Crippen LogP contribution in [0.2, 0.25) is 0 Å². The Morgan fingerprint density at radius 2 is 1.83 bits per heavy atom. The standard InChI is InChI=1S/C13H18F3NO/c1-12(2,3)18-8-11(17)9-5-4-6-10(7-9)13(14,15)16/h4-7,11H,8,17H2,1-3H3. The van der Waals surface area contributed by atoms with Gasteiger partial charge in [-0.2, -0.15) is 13.2 Å². The molecule has 2 N–H and O–H groups in total. The van der Waals surface area contributed by atoms with Crippen molar-refractivity contribution < 1.29 is 17.9 Å². The summed E-state index contributed by atoms with van der Waals surface area (Å²) in [7, 11) is 0. The lowest BCUT2D eigenvalue weighted by Gasteiger charge is -2.23. The van der Waals surface area contributed by atoms with Crippen LogP contribution >= 0.6 is 0 Å². The van der Waals surface area contributed by atoms with Crippen LogP contribution in [-0.2, 0) is 10.9 Å². The molecule has 18 heavy (non-hydrogen) atoms. The fourth-order valence-corrected chi connectivity index (χ4v) is 1.38. The summed E-state index contributed by atoms with van der Waals surface area (Å²) >= 11 is 0. The van der Waals surface area contributed by atoms with Gasteiger partial charge in [-0.25, -0.2) is 0 Å². The van der Waals surface area contributed by atoms with Crippen molar-refractivity contribution in [3.8, 4) is 0 Å². The fourth-order valence-electron chi connectivity index (χ4n) is 1.38. The molecule has 0 amide bonds. The van der Waals surface area contributed by atoms with E-state index in [1.165, 1.54) is 6.07 Å². The Balaban J connectivity index is 2.78. The Bertz CT molecular complexity index is 396. The van der Waals surface area contributed by atoms with Gasteiger partial charge in [-0.05, 0) is 38.5 Å². The highest BCUT2D eigenvalue weighted by molar-refractivity contribution is 5.27. The van der Waals surface area contributed by atoms with Crippen LogP contribution in [0.5, 0.6) is 0 Å². The first-order chi connectivity index (χ1) is 8.09. The van der Waals surface area contributed by atoms with Gasteiger partial charge in [0, 0.05) is 0 Å². The number of rotatable bonds is 3. The summed E-state index contributed by atoms with van der Waals surface area (Å²) in [5.41, 5.74) is 5.20. The van der Waals surface area contributed by atoms with E-state index in [0.717, 1.165) is 12.1 Å². The Morgan fingerprint density at radius 3 is 2.33 bits per heavy atom.